The van der Waals surface area contributed by atoms with Crippen LogP contribution in [0.4, 0.5) is 17.1 Å². The number of hydrogen-bond acceptors (Lipinski definition) is 1. The fourth-order valence-electron chi connectivity index (χ4n) is 9.70. The second-order valence-corrected chi connectivity index (χ2v) is 16.1. The largest absolute Gasteiger partial charge is 0.310 e. The van der Waals surface area contributed by atoms with Crippen molar-refractivity contribution in [2.24, 2.45) is 0 Å². The molecular formula is C60H40N2. The topological polar surface area (TPSA) is 8.17 Å². The van der Waals surface area contributed by atoms with Gasteiger partial charge in [0.05, 0.1) is 11.0 Å². The van der Waals surface area contributed by atoms with Crippen LogP contribution in [0.25, 0.3) is 93.2 Å². The molecule has 12 rings (SSSR count). The summed E-state index contributed by atoms with van der Waals surface area (Å²) < 4.78 is 2.45. The summed E-state index contributed by atoms with van der Waals surface area (Å²) in [6, 6.07) is 88.5. The van der Waals surface area contributed by atoms with Crippen LogP contribution in [0.5, 0.6) is 0 Å². The van der Waals surface area contributed by atoms with Gasteiger partial charge in [0, 0.05) is 38.9 Å². The van der Waals surface area contributed by atoms with E-state index >= 15 is 0 Å². The smallest absolute Gasteiger partial charge is 0.0625 e. The lowest BCUT2D eigenvalue weighted by Gasteiger charge is -2.27. The number of rotatable bonds is 7. The first-order valence-corrected chi connectivity index (χ1v) is 21.3. The molecule has 1 heterocycles. The number of hydrogen-bond donors (Lipinski definition) is 0. The van der Waals surface area contributed by atoms with E-state index in [-0.39, 0.29) is 0 Å². The van der Waals surface area contributed by atoms with Gasteiger partial charge in [-0.05, 0) is 121 Å². The fourth-order valence-corrected chi connectivity index (χ4v) is 9.70. The fraction of sp³-hybridized carbons (Fsp3) is 0. The van der Waals surface area contributed by atoms with Crippen molar-refractivity contribution in [2.45, 2.75) is 0 Å². The molecule has 0 aliphatic carbocycles. The minimum Gasteiger partial charge on any atom is -0.310 e. The number of aromatic nitrogens is 1. The van der Waals surface area contributed by atoms with E-state index in [4.69, 9.17) is 0 Å². The van der Waals surface area contributed by atoms with Crippen LogP contribution in [0.3, 0.4) is 0 Å². The van der Waals surface area contributed by atoms with Crippen molar-refractivity contribution >= 4 is 71.2 Å². The van der Waals surface area contributed by atoms with Crippen LogP contribution in [0, 0.1) is 0 Å². The van der Waals surface area contributed by atoms with Gasteiger partial charge in [-0.15, -0.1) is 0 Å². The summed E-state index contributed by atoms with van der Waals surface area (Å²) in [6.07, 6.45) is 0. The van der Waals surface area contributed by atoms with E-state index in [2.05, 4.69) is 252 Å². The molecule has 0 saturated carbocycles. The lowest BCUT2D eigenvalue weighted by Crippen LogP contribution is -2.10. The third kappa shape index (κ3) is 5.96. The standard InChI is InChI=1S/C60H40N2/c1-3-16-41(17-4-1)51-25-11-12-26-53(51)43-32-34-48(35-33-43)61(50-36-37-54-46(39-50)31-30-42-18-7-9-24-52(42)54)49-23-15-20-44(38-49)57-40-45-19-8-10-27-55(45)60-59(57)56-28-13-14-29-58(56)62(60)47-21-5-2-6-22-47/h1-40H. The Bertz CT molecular complexity index is 3620. The van der Waals surface area contributed by atoms with Gasteiger partial charge in [-0.1, -0.05) is 182 Å². The second-order valence-electron chi connectivity index (χ2n) is 16.1. The van der Waals surface area contributed by atoms with E-state index in [0.29, 0.717) is 0 Å². The van der Waals surface area contributed by atoms with Gasteiger partial charge >= 0.3 is 0 Å². The van der Waals surface area contributed by atoms with Crippen LogP contribution >= 0.6 is 0 Å². The predicted molar refractivity (Wildman–Crippen MR) is 264 cm³/mol. The molecule has 0 atom stereocenters. The third-order valence-electron chi connectivity index (χ3n) is 12.5. The van der Waals surface area contributed by atoms with E-state index in [1.165, 1.54) is 87.5 Å². The van der Waals surface area contributed by atoms with E-state index < -0.39 is 0 Å². The van der Waals surface area contributed by atoms with Gasteiger partial charge in [0.2, 0.25) is 0 Å². The lowest BCUT2D eigenvalue weighted by molar-refractivity contribution is 1.19. The molecule has 0 aliphatic heterocycles. The summed E-state index contributed by atoms with van der Waals surface area (Å²) in [7, 11) is 0. The van der Waals surface area contributed by atoms with Gasteiger partial charge < -0.3 is 9.47 Å². The summed E-state index contributed by atoms with van der Waals surface area (Å²) in [5.41, 5.74) is 14.1. The van der Waals surface area contributed by atoms with Gasteiger partial charge in [-0.25, -0.2) is 0 Å². The Labute approximate surface area is 360 Å². The highest BCUT2D eigenvalue weighted by molar-refractivity contribution is 6.24. The summed E-state index contributed by atoms with van der Waals surface area (Å²) in [5.74, 6) is 0. The molecule has 0 fully saturated rings. The normalized spacial score (nSPS) is 11.5. The first kappa shape index (κ1) is 35.7. The number of para-hydroxylation sites is 2. The Kier molecular flexibility index (Phi) is 8.53. The third-order valence-corrected chi connectivity index (χ3v) is 12.5. The van der Waals surface area contributed by atoms with Crippen LogP contribution in [-0.4, -0.2) is 4.57 Å². The van der Waals surface area contributed by atoms with Gasteiger partial charge in [-0.3, -0.25) is 0 Å². The molecule has 0 saturated heterocycles. The number of benzene rings is 11. The molecule has 1 aromatic heterocycles. The first-order chi connectivity index (χ1) is 30.8. The van der Waals surface area contributed by atoms with Crippen molar-refractivity contribution in [1.82, 2.24) is 4.57 Å². The molecule has 0 unspecified atom stereocenters. The number of nitrogens with zero attached hydrogens (tertiary/aromatic N) is 2. The van der Waals surface area contributed by atoms with E-state index in [1.807, 2.05) is 0 Å². The van der Waals surface area contributed by atoms with Crippen molar-refractivity contribution in [1.29, 1.82) is 0 Å². The Balaban J connectivity index is 1.06. The van der Waals surface area contributed by atoms with Crippen LogP contribution in [0.15, 0.2) is 243 Å². The van der Waals surface area contributed by atoms with Crippen molar-refractivity contribution in [2.75, 3.05) is 4.90 Å². The molecule has 0 amide bonds. The van der Waals surface area contributed by atoms with Gasteiger partial charge in [-0.2, -0.15) is 0 Å². The summed E-state index contributed by atoms with van der Waals surface area (Å²) in [4.78, 5) is 2.41. The highest BCUT2D eigenvalue weighted by Crippen LogP contribution is 2.45. The van der Waals surface area contributed by atoms with Crippen LogP contribution < -0.4 is 4.90 Å². The maximum absolute atomic E-state index is 2.45. The lowest BCUT2D eigenvalue weighted by atomic mass is 9.94. The SMILES string of the molecule is c1ccc(-c2ccccc2-c2ccc(N(c3cccc(-c4cc5ccccc5c5c4c4ccccc4n5-c4ccccc4)c3)c3ccc4c(ccc5ccccc54)c3)cc2)cc1. The minimum atomic E-state index is 1.09. The molecule has 0 radical (unpaired) electrons. The Morgan fingerprint density at radius 1 is 0.290 bits per heavy atom. The molecule has 11 aromatic carbocycles. The summed E-state index contributed by atoms with van der Waals surface area (Å²) >= 11 is 0. The summed E-state index contributed by atoms with van der Waals surface area (Å²) in [5, 5.41) is 9.92. The Hall–Kier alpha value is -8.20. The summed E-state index contributed by atoms with van der Waals surface area (Å²) in [6.45, 7) is 0. The van der Waals surface area contributed by atoms with Crippen molar-refractivity contribution in [3.63, 3.8) is 0 Å². The molecule has 0 spiro atoms. The highest BCUT2D eigenvalue weighted by Gasteiger charge is 2.21. The molecule has 290 valence electrons. The molecule has 0 aliphatic rings. The molecule has 0 N–H and O–H groups in total. The average molecular weight is 789 g/mol. The monoisotopic (exact) mass is 788 g/mol. The zero-order valence-electron chi connectivity index (χ0n) is 34.0. The maximum atomic E-state index is 2.45. The van der Waals surface area contributed by atoms with Crippen LogP contribution in [-0.2, 0) is 0 Å². The Morgan fingerprint density at radius 2 is 0.839 bits per heavy atom. The molecular weight excluding hydrogens is 749 g/mol. The maximum Gasteiger partial charge on any atom is 0.0625 e. The predicted octanol–water partition coefficient (Wildman–Crippen LogP) is 16.7. The average Bonchev–Trinajstić information content (AvgIpc) is 3.70. The quantitative estimate of drug-likeness (QED) is 0.146. The molecule has 2 nitrogen and oxygen atoms in total. The van der Waals surface area contributed by atoms with Gasteiger partial charge in [0.1, 0.15) is 0 Å². The molecule has 0 bridgehead atoms. The molecule has 12 aromatic rings. The van der Waals surface area contributed by atoms with E-state index in [1.54, 1.807) is 0 Å². The molecule has 62 heavy (non-hydrogen) atoms. The van der Waals surface area contributed by atoms with Crippen molar-refractivity contribution in [3.8, 4) is 39.1 Å². The van der Waals surface area contributed by atoms with Gasteiger partial charge in [0.15, 0.2) is 0 Å². The van der Waals surface area contributed by atoms with Gasteiger partial charge in [0.25, 0.3) is 0 Å². The molecule has 2 heteroatoms. The first-order valence-electron chi connectivity index (χ1n) is 21.3. The Morgan fingerprint density at radius 3 is 1.63 bits per heavy atom. The van der Waals surface area contributed by atoms with Crippen molar-refractivity contribution in [3.05, 3.63) is 243 Å². The highest BCUT2D eigenvalue weighted by atomic mass is 15.1. The second kappa shape index (κ2) is 14.8. The van der Waals surface area contributed by atoms with Crippen LogP contribution in [0.2, 0.25) is 0 Å². The van der Waals surface area contributed by atoms with Crippen LogP contribution in [0.1, 0.15) is 0 Å². The minimum absolute atomic E-state index is 1.09. The van der Waals surface area contributed by atoms with E-state index in [9.17, 15) is 0 Å². The number of fused-ring (bicyclic) bond motifs is 8. The zero-order chi connectivity index (χ0) is 41.0. The number of anilines is 3. The van der Waals surface area contributed by atoms with Crippen molar-refractivity contribution < 1.29 is 0 Å². The van der Waals surface area contributed by atoms with E-state index in [0.717, 1.165) is 22.7 Å². The zero-order valence-corrected chi connectivity index (χ0v) is 34.0.